The smallest absolute Gasteiger partial charge is 0.338 e. The number of thiazole rings is 1. The van der Waals surface area contributed by atoms with Crippen LogP contribution in [-0.2, 0) is 16.1 Å². The molecule has 1 atom stereocenters. The molecule has 2 aromatic carbocycles. The first-order valence-corrected chi connectivity index (χ1v) is 14.6. The number of carbonyl (C=O) groups is 1. The zero-order valence-corrected chi connectivity index (χ0v) is 23.9. The van der Waals surface area contributed by atoms with Gasteiger partial charge in [-0.05, 0) is 49.6 Å². The maximum absolute atomic E-state index is 13.9. The van der Waals surface area contributed by atoms with Gasteiger partial charge in [0.05, 0.1) is 29.5 Å². The van der Waals surface area contributed by atoms with Crippen molar-refractivity contribution in [2.24, 2.45) is 4.99 Å². The van der Waals surface area contributed by atoms with E-state index in [1.54, 1.807) is 11.5 Å². The lowest BCUT2D eigenvalue weighted by Gasteiger charge is -2.22. The number of hydrogen-bond donors (Lipinski definition) is 0. The summed E-state index contributed by atoms with van der Waals surface area (Å²) in [6.07, 6.45) is 3.98. The zero-order chi connectivity index (χ0) is 27.8. The molecule has 0 N–H and O–H groups in total. The minimum absolute atomic E-state index is 0.185. The SMILES string of the molecule is COC(=O)C1=C(C)N=c2sc(=Cc3cn(CCOc4ccc(C)cc4)c4ccccc34)c(=O)n2C1c1cccs1. The van der Waals surface area contributed by atoms with Crippen LogP contribution in [-0.4, -0.2) is 28.8 Å². The number of fused-ring (bicyclic) bond motifs is 2. The number of hydrogen-bond acceptors (Lipinski definition) is 7. The van der Waals surface area contributed by atoms with Crippen LogP contribution in [0, 0.1) is 6.92 Å². The van der Waals surface area contributed by atoms with Gasteiger partial charge in [-0.3, -0.25) is 9.36 Å². The molecule has 1 aliphatic rings. The molecule has 0 saturated heterocycles. The lowest BCUT2D eigenvalue weighted by Crippen LogP contribution is -2.39. The molecule has 0 aliphatic carbocycles. The molecule has 202 valence electrons. The number of carbonyl (C=O) groups excluding carboxylic acids is 1. The monoisotopic (exact) mass is 569 g/mol. The molecule has 5 aromatic rings. The summed E-state index contributed by atoms with van der Waals surface area (Å²) in [6.45, 7) is 5.01. The van der Waals surface area contributed by atoms with Gasteiger partial charge >= 0.3 is 5.97 Å². The van der Waals surface area contributed by atoms with Crippen molar-refractivity contribution in [2.45, 2.75) is 26.4 Å². The molecule has 40 heavy (non-hydrogen) atoms. The third kappa shape index (κ3) is 4.71. The van der Waals surface area contributed by atoms with Gasteiger partial charge in [-0.2, -0.15) is 0 Å². The Morgan fingerprint density at radius 1 is 1.07 bits per heavy atom. The molecule has 4 heterocycles. The van der Waals surface area contributed by atoms with E-state index in [-0.39, 0.29) is 5.56 Å². The van der Waals surface area contributed by atoms with Gasteiger partial charge in [0, 0.05) is 27.5 Å². The van der Waals surface area contributed by atoms with E-state index in [0.717, 1.165) is 27.1 Å². The first-order chi connectivity index (χ1) is 19.4. The second kappa shape index (κ2) is 10.7. The van der Waals surface area contributed by atoms with Gasteiger partial charge in [0.1, 0.15) is 18.4 Å². The third-order valence-electron chi connectivity index (χ3n) is 6.97. The summed E-state index contributed by atoms with van der Waals surface area (Å²) < 4.78 is 15.4. The van der Waals surface area contributed by atoms with Crippen molar-refractivity contribution < 1.29 is 14.3 Å². The molecule has 0 fully saturated rings. The minimum Gasteiger partial charge on any atom is -0.492 e. The Hall–Kier alpha value is -4.21. The fourth-order valence-corrected chi connectivity index (χ4v) is 6.88. The van der Waals surface area contributed by atoms with E-state index in [4.69, 9.17) is 9.47 Å². The molecule has 0 amide bonds. The maximum atomic E-state index is 13.9. The van der Waals surface area contributed by atoms with Crippen molar-refractivity contribution in [2.75, 3.05) is 13.7 Å². The number of esters is 1. The van der Waals surface area contributed by atoms with E-state index < -0.39 is 12.0 Å². The number of methoxy groups -OCH3 is 1. The normalized spacial score (nSPS) is 15.3. The number of benzene rings is 2. The molecule has 9 heteroatoms. The Morgan fingerprint density at radius 2 is 1.88 bits per heavy atom. The molecule has 7 nitrogen and oxygen atoms in total. The zero-order valence-electron chi connectivity index (χ0n) is 22.3. The van der Waals surface area contributed by atoms with Crippen LogP contribution in [0.1, 0.15) is 29.0 Å². The van der Waals surface area contributed by atoms with Gasteiger partial charge in [-0.1, -0.05) is 53.3 Å². The summed E-state index contributed by atoms with van der Waals surface area (Å²) in [7, 11) is 1.35. The second-order valence-corrected chi connectivity index (χ2v) is 11.5. The lowest BCUT2D eigenvalue weighted by molar-refractivity contribution is -0.136. The van der Waals surface area contributed by atoms with Gasteiger partial charge in [-0.15, -0.1) is 11.3 Å². The van der Waals surface area contributed by atoms with Crippen LogP contribution in [0.15, 0.2) is 93.3 Å². The molecule has 0 bridgehead atoms. The number of allylic oxidation sites excluding steroid dienone is 1. The van der Waals surface area contributed by atoms with Gasteiger partial charge in [-0.25, -0.2) is 9.79 Å². The standard InChI is InChI=1S/C31H27N3O4S2/c1-19-10-12-22(13-11-19)38-15-14-33-18-21(23-7-4-5-8-24(23)33)17-26-29(35)34-28(25-9-6-16-39-25)27(30(36)37-3)20(2)32-31(34)40-26/h4-13,16-18,28H,14-15H2,1-3H3. The highest BCUT2D eigenvalue weighted by atomic mass is 32.1. The van der Waals surface area contributed by atoms with Gasteiger partial charge in [0.25, 0.3) is 5.56 Å². The fourth-order valence-electron chi connectivity index (χ4n) is 5.02. The molecule has 1 aliphatic heterocycles. The van der Waals surface area contributed by atoms with Crippen molar-refractivity contribution in [3.8, 4) is 5.75 Å². The largest absolute Gasteiger partial charge is 0.492 e. The Labute approximate surface area is 238 Å². The number of thiophene rings is 1. The fraction of sp³-hybridized carbons (Fsp3) is 0.194. The summed E-state index contributed by atoms with van der Waals surface area (Å²) in [6, 6.07) is 19.4. The number of ether oxygens (including phenoxy) is 2. The minimum atomic E-state index is -0.578. The maximum Gasteiger partial charge on any atom is 0.338 e. The number of aromatic nitrogens is 2. The van der Waals surface area contributed by atoms with Crippen LogP contribution >= 0.6 is 22.7 Å². The molecule has 1 unspecified atom stereocenters. The van der Waals surface area contributed by atoms with Crippen LogP contribution in [0.4, 0.5) is 0 Å². The quantitative estimate of drug-likeness (QED) is 0.264. The summed E-state index contributed by atoms with van der Waals surface area (Å²) in [4.78, 5) is 32.7. The van der Waals surface area contributed by atoms with Crippen molar-refractivity contribution in [3.63, 3.8) is 0 Å². The topological polar surface area (TPSA) is 74.8 Å². The highest BCUT2D eigenvalue weighted by Crippen LogP contribution is 2.33. The van der Waals surface area contributed by atoms with Crippen molar-refractivity contribution in [3.05, 3.63) is 119 Å². The van der Waals surface area contributed by atoms with E-state index in [2.05, 4.69) is 34.8 Å². The van der Waals surface area contributed by atoms with E-state index in [9.17, 15) is 9.59 Å². The highest BCUT2D eigenvalue weighted by Gasteiger charge is 2.33. The Bertz CT molecular complexity index is 1930. The molecular formula is C31H27N3O4S2. The van der Waals surface area contributed by atoms with E-state index in [0.29, 0.717) is 33.8 Å². The predicted octanol–water partition coefficient (Wildman–Crippen LogP) is 4.81. The van der Waals surface area contributed by atoms with Gasteiger partial charge in [0.2, 0.25) is 0 Å². The average Bonchev–Trinajstić information content (AvgIpc) is 3.68. The van der Waals surface area contributed by atoms with E-state index >= 15 is 0 Å². The van der Waals surface area contributed by atoms with Crippen molar-refractivity contribution in [1.82, 2.24) is 9.13 Å². The number of nitrogens with zero attached hydrogens (tertiary/aromatic N) is 3. The van der Waals surface area contributed by atoms with Crippen LogP contribution < -0.4 is 19.6 Å². The first-order valence-electron chi connectivity index (χ1n) is 12.9. The number of para-hydroxylation sites is 1. The van der Waals surface area contributed by atoms with Crippen LogP contribution in [0.2, 0.25) is 0 Å². The number of rotatable bonds is 7. The molecule has 6 rings (SSSR count). The van der Waals surface area contributed by atoms with Crippen LogP contribution in [0.25, 0.3) is 17.0 Å². The molecule has 0 radical (unpaired) electrons. The first kappa shape index (κ1) is 26.0. The van der Waals surface area contributed by atoms with Gasteiger partial charge < -0.3 is 14.0 Å². The second-order valence-electron chi connectivity index (χ2n) is 9.55. The molecule has 0 spiro atoms. The predicted molar refractivity (Wildman–Crippen MR) is 159 cm³/mol. The number of aryl methyl sites for hydroxylation is 1. The average molecular weight is 570 g/mol. The highest BCUT2D eigenvalue weighted by molar-refractivity contribution is 7.10. The van der Waals surface area contributed by atoms with Crippen molar-refractivity contribution >= 4 is 45.6 Å². The summed E-state index contributed by atoms with van der Waals surface area (Å²) >= 11 is 2.83. The Kier molecular flexibility index (Phi) is 7.00. The molecular weight excluding hydrogens is 542 g/mol. The molecule has 3 aromatic heterocycles. The van der Waals surface area contributed by atoms with Crippen LogP contribution in [0.5, 0.6) is 5.75 Å². The Balaban J connectivity index is 1.40. The lowest BCUT2D eigenvalue weighted by atomic mass is 10.0. The van der Waals surface area contributed by atoms with Crippen LogP contribution in [0.3, 0.4) is 0 Å². The molecule has 0 saturated carbocycles. The van der Waals surface area contributed by atoms with E-state index in [1.807, 2.05) is 60.0 Å². The summed E-state index contributed by atoms with van der Waals surface area (Å²) in [5.41, 5.74) is 3.95. The van der Waals surface area contributed by atoms with E-state index in [1.165, 1.54) is 35.3 Å². The third-order valence-corrected chi connectivity index (χ3v) is 8.88. The summed E-state index contributed by atoms with van der Waals surface area (Å²) in [5.74, 6) is 0.357. The Morgan fingerprint density at radius 3 is 2.62 bits per heavy atom. The van der Waals surface area contributed by atoms with Crippen molar-refractivity contribution in [1.29, 1.82) is 0 Å². The summed E-state index contributed by atoms with van der Waals surface area (Å²) in [5, 5.41) is 2.98. The van der Waals surface area contributed by atoms with Gasteiger partial charge in [0.15, 0.2) is 4.80 Å².